The van der Waals surface area contributed by atoms with Gasteiger partial charge in [-0.25, -0.2) is 0 Å². The van der Waals surface area contributed by atoms with E-state index in [9.17, 15) is 15.3 Å². The molecule has 3 N–H and O–H groups in total. The van der Waals surface area contributed by atoms with Crippen molar-refractivity contribution in [1.82, 2.24) is 0 Å². The molecule has 2 aliphatic rings. The van der Waals surface area contributed by atoms with Crippen LogP contribution in [0.25, 0.3) is 0 Å². The Bertz CT molecular complexity index is 236. The lowest BCUT2D eigenvalue weighted by Crippen LogP contribution is -2.46. The highest BCUT2D eigenvalue weighted by Crippen LogP contribution is 2.37. The van der Waals surface area contributed by atoms with Gasteiger partial charge in [-0.2, -0.15) is 0 Å². The molecule has 0 aromatic heterocycles. The van der Waals surface area contributed by atoms with Crippen LogP contribution in [0.1, 0.15) is 51.9 Å². The highest BCUT2D eigenvalue weighted by atomic mass is 16.4. The molecular weight excluding hydrogens is 216 g/mol. The van der Waals surface area contributed by atoms with E-state index in [1.807, 2.05) is 0 Å². The molecule has 4 unspecified atom stereocenters. The highest BCUT2D eigenvalue weighted by molar-refractivity contribution is 4.88. The summed E-state index contributed by atoms with van der Waals surface area (Å²) in [6.45, 7) is 2.31. The second-order valence-corrected chi connectivity index (χ2v) is 6.25. The van der Waals surface area contributed by atoms with Gasteiger partial charge in [-0.15, -0.1) is 0 Å². The fourth-order valence-corrected chi connectivity index (χ4v) is 3.48. The van der Waals surface area contributed by atoms with Crippen LogP contribution in [0.4, 0.5) is 0 Å². The maximum atomic E-state index is 9.98. The summed E-state index contributed by atoms with van der Waals surface area (Å²) < 4.78 is 0. The van der Waals surface area contributed by atoms with Gasteiger partial charge in [0.25, 0.3) is 0 Å². The van der Waals surface area contributed by atoms with E-state index >= 15 is 0 Å². The first-order valence-corrected chi connectivity index (χ1v) is 7.12. The van der Waals surface area contributed by atoms with E-state index in [1.54, 1.807) is 0 Å². The largest absolute Gasteiger partial charge is 0.390 e. The Hall–Kier alpha value is -0.120. The molecule has 2 saturated carbocycles. The summed E-state index contributed by atoms with van der Waals surface area (Å²) in [4.78, 5) is 0. The Morgan fingerprint density at radius 1 is 0.824 bits per heavy atom. The molecule has 100 valence electrons. The molecule has 3 nitrogen and oxygen atoms in total. The van der Waals surface area contributed by atoms with Crippen molar-refractivity contribution in [1.29, 1.82) is 0 Å². The van der Waals surface area contributed by atoms with Gasteiger partial charge in [-0.1, -0.05) is 32.6 Å². The SMILES string of the molecule is CC1CCC(CC2CCC(O)C(O)C2O)CC1. The second kappa shape index (κ2) is 5.68. The quantitative estimate of drug-likeness (QED) is 0.690. The highest BCUT2D eigenvalue weighted by Gasteiger charge is 2.37. The number of rotatable bonds is 2. The number of hydrogen-bond acceptors (Lipinski definition) is 3. The lowest BCUT2D eigenvalue weighted by Gasteiger charge is -2.38. The van der Waals surface area contributed by atoms with Gasteiger partial charge >= 0.3 is 0 Å². The molecular formula is C14H26O3. The molecule has 4 atom stereocenters. The second-order valence-electron chi connectivity index (χ2n) is 6.25. The van der Waals surface area contributed by atoms with Crippen molar-refractivity contribution in [2.75, 3.05) is 0 Å². The number of hydrogen-bond donors (Lipinski definition) is 3. The van der Waals surface area contributed by atoms with Crippen molar-refractivity contribution in [3.63, 3.8) is 0 Å². The summed E-state index contributed by atoms with van der Waals surface area (Å²) in [7, 11) is 0. The van der Waals surface area contributed by atoms with Crippen molar-refractivity contribution in [3.05, 3.63) is 0 Å². The van der Waals surface area contributed by atoms with Crippen LogP contribution >= 0.6 is 0 Å². The molecule has 2 aliphatic carbocycles. The van der Waals surface area contributed by atoms with E-state index in [2.05, 4.69) is 6.92 Å². The minimum Gasteiger partial charge on any atom is -0.390 e. The summed E-state index contributed by atoms with van der Waals surface area (Å²) in [5.74, 6) is 1.76. The Kier molecular flexibility index (Phi) is 4.45. The monoisotopic (exact) mass is 242 g/mol. The topological polar surface area (TPSA) is 60.7 Å². The predicted molar refractivity (Wildman–Crippen MR) is 66.5 cm³/mol. The third kappa shape index (κ3) is 3.21. The van der Waals surface area contributed by atoms with Crippen molar-refractivity contribution in [2.24, 2.45) is 17.8 Å². The van der Waals surface area contributed by atoms with Gasteiger partial charge in [0, 0.05) is 0 Å². The average molecular weight is 242 g/mol. The summed E-state index contributed by atoms with van der Waals surface area (Å²) in [5, 5.41) is 29.2. The van der Waals surface area contributed by atoms with Crippen molar-refractivity contribution in [3.8, 4) is 0 Å². The van der Waals surface area contributed by atoms with Gasteiger partial charge in [0.2, 0.25) is 0 Å². The van der Waals surface area contributed by atoms with E-state index in [0.717, 1.165) is 18.8 Å². The zero-order valence-electron chi connectivity index (χ0n) is 10.8. The minimum atomic E-state index is -0.934. The molecule has 2 rings (SSSR count). The first-order chi connectivity index (χ1) is 8.08. The van der Waals surface area contributed by atoms with Crippen LogP contribution in [0.2, 0.25) is 0 Å². The van der Waals surface area contributed by atoms with Crippen molar-refractivity contribution in [2.45, 2.75) is 70.2 Å². The van der Waals surface area contributed by atoms with Gasteiger partial charge in [0.05, 0.1) is 12.2 Å². The Labute approximate surface area is 104 Å². The molecule has 0 heterocycles. The molecule has 0 amide bonds. The van der Waals surface area contributed by atoms with E-state index in [0.29, 0.717) is 12.3 Å². The molecule has 0 spiro atoms. The standard InChI is InChI=1S/C14H26O3/c1-9-2-4-10(5-3-9)8-11-6-7-12(15)14(17)13(11)16/h9-17H,2-8H2,1H3. The maximum Gasteiger partial charge on any atom is 0.106 e. The van der Waals surface area contributed by atoms with E-state index in [1.165, 1.54) is 25.7 Å². The zero-order chi connectivity index (χ0) is 12.4. The smallest absolute Gasteiger partial charge is 0.106 e. The molecule has 17 heavy (non-hydrogen) atoms. The fraction of sp³-hybridized carbons (Fsp3) is 1.00. The Balaban J connectivity index is 1.82. The maximum absolute atomic E-state index is 9.98. The van der Waals surface area contributed by atoms with Gasteiger partial charge in [-0.3, -0.25) is 0 Å². The van der Waals surface area contributed by atoms with Gasteiger partial charge in [0.15, 0.2) is 0 Å². The third-order valence-electron chi connectivity index (χ3n) is 4.83. The van der Waals surface area contributed by atoms with Crippen LogP contribution in [0.3, 0.4) is 0 Å². The number of aliphatic hydroxyl groups excluding tert-OH is 3. The van der Waals surface area contributed by atoms with Crippen LogP contribution in [-0.2, 0) is 0 Å². The molecule has 0 saturated heterocycles. The van der Waals surface area contributed by atoms with Gasteiger partial charge < -0.3 is 15.3 Å². The Morgan fingerprint density at radius 3 is 2.12 bits per heavy atom. The normalized spacial score (nSPS) is 48.0. The van der Waals surface area contributed by atoms with Crippen molar-refractivity contribution < 1.29 is 15.3 Å². The molecule has 0 bridgehead atoms. The average Bonchev–Trinajstić information content (AvgIpc) is 2.33. The first-order valence-electron chi connectivity index (χ1n) is 7.12. The van der Waals surface area contributed by atoms with Crippen molar-refractivity contribution >= 4 is 0 Å². The molecule has 0 aromatic carbocycles. The Morgan fingerprint density at radius 2 is 1.47 bits per heavy atom. The van der Waals surface area contributed by atoms with Crippen LogP contribution in [0, 0.1) is 17.8 Å². The van der Waals surface area contributed by atoms with Gasteiger partial charge in [0.1, 0.15) is 6.10 Å². The van der Waals surface area contributed by atoms with Crippen LogP contribution < -0.4 is 0 Å². The van der Waals surface area contributed by atoms with E-state index in [-0.39, 0.29) is 5.92 Å². The summed E-state index contributed by atoms with van der Waals surface area (Å²) in [6, 6.07) is 0. The lowest BCUT2D eigenvalue weighted by molar-refractivity contribution is -0.114. The first kappa shape index (κ1) is 13.3. The van der Waals surface area contributed by atoms with Crippen LogP contribution in [-0.4, -0.2) is 33.6 Å². The van der Waals surface area contributed by atoms with E-state index < -0.39 is 18.3 Å². The third-order valence-corrected chi connectivity index (χ3v) is 4.83. The molecule has 0 aromatic rings. The summed E-state index contributed by atoms with van der Waals surface area (Å²) in [5.41, 5.74) is 0. The van der Waals surface area contributed by atoms with Gasteiger partial charge in [-0.05, 0) is 37.0 Å². The molecule has 0 aliphatic heterocycles. The van der Waals surface area contributed by atoms with E-state index in [4.69, 9.17) is 0 Å². The van der Waals surface area contributed by atoms with Crippen LogP contribution in [0.15, 0.2) is 0 Å². The minimum absolute atomic E-state index is 0.187. The molecule has 3 heteroatoms. The fourth-order valence-electron chi connectivity index (χ4n) is 3.48. The molecule has 0 radical (unpaired) electrons. The lowest BCUT2D eigenvalue weighted by atomic mass is 9.73. The summed E-state index contributed by atoms with van der Waals surface area (Å²) in [6.07, 6.45) is 5.26. The number of aliphatic hydroxyl groups is 3. The zero-order valence-corrected chi connectivity index (χ0v) is 10.8. The molecule has 2 fully saturated rings. The predicted octanol–water partition coefficient (Wildman–Crippen LogP) is 1.70. The summed E-state index contributed by atoms with van der Waals surface area (Å²) >= 11 is 0. The van der Waals surface area contributed by atoms with Crippen LogP contribution in [0.5, 0.6) is 0 Å².